The second-order valence-corrected chi connectivity index (χ2v) is 5.81. The molecule has 0 unspecified atom stereocenters. The van der Waals surface area contributed by atoms with Crippen molar-refractivity contribution in [3.05, 3.63) is 54.1 Å². The van der Waals surface area contributed by atoms with Crippen LogP contribution in [0.4, 0.5) is 5.69 Å². The maximum atomic E-state index is 12.4. The normalized spacial score (nSPS) is 17.0. The minimum atomic E-state index is -0.483. The molecule has 0 saturated carbocycles. The standard InChI is InChI=1S/C19H19NO4/c1-13-7-9-15(10-8-13)20-12-14(11-18(20)21)19(22)24-17-6-4-3-5-16(17)23-2/h3-10,14H,11-12H2,1-2H3/t14-/m1/s1. The van der Waals surface area contributed by atoms with Crippen LogP contribution in [0, 0.1) is 12.8 Å². The van der Waals surface area contributed by atoms with Crippen molar-refractivity contribution in [2.75, 3.05) is 18.6 Å². The minimum Gasteiger partial charge on any atom is -0.493 e. The van der Waals surface area contributed by atoms with E-state index in [4.69, 9.17) is 9.47 Å². The molecule has 5 heteroatoms. The first kappa shape index (κ1) is 16.1. The number of ether oxygens (including phenoxy) is 2. The van der Waals surface area contributed by atoms with Gasteiger partial charge in [0.25, 0.3) is 0 Å². The van der Waals surface area contributed by atoms with Crippen LogP contribution in [0.3, 0.4) is 0 Å². The summed E-state index contributed by atoms with van der Waals surface area (Å²) in [6, 6.07) is 14.6. The van der Waals surface area contributed by atoms with Gasteiger partial charge in [-0.3, -0.25) is 9.59 Å². The molecule has 5 nitrogen and oxygen atoms in total. The van der Waals surface area contributed by atoms with Crippen LogP contribution in [0.5, 0.6) is 11.5 Å². The van der Waals surface area contributed by atoms with Crippen molar-refractivity contribution < 1.29 is 19.1 Å². The largest absolute Gasteiger partial charge is 0.493 e. The van der Waals surface area contributed by atoms with Gasteiger partial charge in [-0.25, -0.2) is 0 Å². The molecule has 3 rings (SSSR count). The fourth-order valence-electron chi connectivity index (χ4n) is 2.73. The van der Waals surface area contributed by atoms with Gasteiger partial charge in [-0.15, -0.1) is 0 Å². The van der Waals surface area contributed by atoms with Gasteiger partial charge in [-0.2, -0.15) is 0 Å². The van der Waals surface area contributed by atoms with E-state index in [1.165, 1.54) is 7.11 Å². The summed E-state index contributed by atoms with van der Waals surface area (Å²) in [5.41, 5.74) is 1.93. The van der Waals surface area contributed by atoms with Gasteiger partial charge < -0.3 is 14.4 Å². The van der Waals surface area contributed by atoms with Gasteiger partial charge in [0.05, 0.1) is 13.0 Å². The Hall–Kier alpha value is -2.82. The number of methoxy groups -OCH3 is 1. The number of aryl methyl sites for hydroxylation is 1. The number of para-hydroxylation sites is 2. The summed E-state index contributed by atoms with van der Waals surface area (Å²) < 4.78 is 10.6. The molecule has 1 saturated heterocycles. The van der Waals surface area contributed by atoms with Crippen molar-refractivity contribution in [2.45, 2.75) is 13.3 Å². The molecule has 0 radical (unpaired) electrons. The molecule has 0 aromatic heterocycles. The maximum absolute atomic E-state index is 12.4. The summed E-state index contributed by atoms with van der Waals surface area (Å²) >= 11 is 0. The van der Waals surface area contributed by atoms with Crippen molar-refractivity contribution in [1.29, 1.82) is 0 Å². The molecule has 1 fully saturated rings. The number of esters is 1. The summed E-state index contributed by atoms with van der Waals surface area (Å²) in [6.07, 6.45) is 0.155. The zero-order valence-corrected chi connectivity index (χ0v) is 13.7. The van der Waals surface area contributed by atoms with Gasteiger partial charge in [0, 0.05) is 18.7 Å². The highest BCUT2D eigenvalue weighted by Crippen LogP contribution is 2.30. The van der Waals surface area contributed by atoms with Crippen LogP contribution >= 0.6 is 0 Å². The van der Waals surface area contributed by atoms with Crippen LogP contribution in [0.15, 0.2) is 48.5 Å². The first-order chi connectivity index (χ1) is 11.6. The average Bonchev–Trinajstić information content (AvgIpc) is 2.98. The molecule has 1 atom stereocenters. The molecule has 24 heavy (non-hydrogen) atoms. The van der Waals surface area contributed by atoms with Crippen LogP contribution in [-0.4, -0.2) is 25.5 Å². The van der Waals surface area contributed by atoms with E-state index < -0.39 is 11.9 Å². The number of carbonyl (C=O) groups is 2. The van der Waals surface area contributed by atoms with Crippen LogP contribution in [0.2, 0.25) is 0 Å². The Labute approximate surface area is 140 Å². The molecule has 0 bridgehead atoms. The molecule has 2 aromatic rings. The quantitative estimate of drug-likeness (QED) is 0.640. The van der Waals surface area contributed by atoms with E-state index in [9.17, 15) is 9.59 Å². The molecule has 124 valence electrons. The van der Waals surface area contributed by atoms with Crippen molar-refractivity contribution in [1.82, 2.24) is 0 Å². The predicted octanol–water partition coefficient (Wildman–Crippen LogP) is 2.96. The van der Waals surface area contributed by atoms with E-state index in [1.807, 2.05) is 31.2 Å². The Kier molecular flexibility index (Phi) is 4.51. The number of nitrogens with zero attached hydrogens (tertiary/aromatic N) is 1. The lowest BCUT2D eigenvalue weighted by molar-refractivity contribution is -0.139. The Balaban J connectivity index is 1.71. The second kappa shape index (κ2) is 6.74. The second-order valence-electron chi connectivity index (χ2n) is 5.81. The molecular weight excluding hydrogens is 306 g/mol. The fraction of sp³-hybridized carbons (Fsp3) is 0.263. The Morgan fingerprint density at radius 1 is 1.08 bits per heavy atom. The average molecular weight is 325 g/mol. The highest BCUT2D eigenvalue weighted by molar-refractivity contribution is 5.99. The lowest BCUT2D eigenvalue weighted by Gasteiger charge is -2.17. The van der Waals surface area contributed by atoms with Crippen molar-refractivity contribution >= 4 is 17.6 Å². The van der Waals surface area contributed by atoms with E-state index >= 15 is 0 Å². The third-order valence-corrected chi connectivity index (χ3v) is 4.08. The van der Waals surface area contributed by atoms with Crippen molar-refractivity contribution in [2.24, 2.45) is 5.92 Å². The van der Waals surface area contributed by atoms with Gasteiger partial charge >= 0.3 is 5.97 Å². The summed E-state index contributed by atoms with van der Waals surface area (Å²) in [7, 11) is 1.52. The maximum Gasteiger partial charge on any atom is 0.316 e. The van der Waals surface area contributed by atoms with Gasteiger partial charge in [0.15, 0.2) is 11.5 Å². The van der Waals surface area contributed by atoms with Gasteiger partial charge in [-0.1, -0.05) is 29.8 Å². The van der Waals surface area contributed by atoms with Crippen LogP contribution in [0.25, 0.3) is 0 Å². The van der Waals surface area contributed by atoms with Crippen molar-refractivity contribution in [3.8, 4) is 11.5 Å². The number of hydrogen-bond acceptors (Lipinski definition) is 4. The minimum absolute atomic E-state index is 0.0687. The van der Waals surface area contributed by atoms with E-state index in [-0.39, 0.29) is 12.3 Å². The van der Waals surface area contributed by atoms with E-state index in [2.05, 4.69) is 0 Å². The molecule has 1 aliphatic rings. The number of anilines is 1. The fourth-order valence-corrected chi connectivity index (χ4v) is 2.73. The number of carbonyl (C=O) groups excluding carboxylic acids is 2. The lowest BCUT2D eigenvalue weighted by Crippen LogP contribution is -2.27. The highest BCUT2D eigenvalue weighted by Gasteiger charge is 2.36. The molecule has 0 N–H and O–H groups in total. The van der Waals surface area contributed by atoms with E-state index in [0.717, 1.165) is 11.3 Å². The van der Waals surface area contributed by atoms with Crippen LogP contribution < -0.4 is 14.4 Å². The van der Waals surface area contributed by atoms with Crippen LogP contribution in [0.1, 0.15) is 12.0 Å². The molecule has 1 aliphatic heterocycles. The molecule has 1 amide bonds. The number of rotatable bonds is 4. The summed E-state index contributed by atoms with van der Waals surface area (Å²) in [5, 5.41) is 0. The zero-order chi connectivity index (χ0) is 17.1. The van der Waals surface area contributed by atoms with Crippen molar-refractivity contribution in [3.63, 3.8) is 0 Å². The van der Waals surface area contributed by atoms with Crippen LogP contribution in [-0.2, 0) is 9.59 Å². The highest BCUT2D eigenvalue weighted by atomic mass is 16.6. The topological polar surface area (TPSA) is 55.8 Å². The first-order valence-electron chi connectivity index (χ1n) is 7.80. The first-order valence-corrected chi connectivity index (χ1v) is 7.80. The smallest absolute Gasteiger partial charge is 0.316 e. The third kappa shape index (κ3) is 3.25. The number of benzene rings is 2. The molecular formula is C19H19NO4. The number of hydrogen-bond donors (Lipinski definition) is 0. The van der Waals surface area contributed by atoms with E-state index in [1.54, 1.807) is 29.2 Å². The predicted molar refractivity (Wildman–Crippen MR) is 90.3 cm³/mol. The summed E-state index contributed by atoms with van der Waals surface area (Å²) in [4.78, 5) is 26.3. The van der Waals surface area contributed by atoms with Gasteiger partial charge in [0.1, 0.15) is 0 Å². The SMILES string of the molecule is COc1ccccc1OC(=O)[C@@H]1CC(=O)N(c2ccc(C)cc2)C1. The zero-order valence-electron chi connectivity index (χ0n) is 13.7. The molecule has 0 spiro atoms. The van der Waals surface area contributed by atoms with Gasteiger partial charge in [-0.05, 0) is 31.2 Å². The molecule has 0 aliphatic carbocycles. The Bertz CT molecular complexity index is 754. The monoisotopic (exact) mass is 325 g/mol. The van der Waals surface area contributed by atoms with E-state index in [0.29, 0.717) is 18.0 Å². The molecule has 2 aromatic carbocycles. The molecule has 1 heterocycles. The number of amides is 1. The third-order valence-electron chi connectivity index (χ3n) is 4.08. The van der Waals surface area contributed by atoms with Gasteiger partial charge in [0.2, 0.25) is 5.91 Å². The summed E-state index contributed by atoms with van der Waals surface area (Å²) in [6.45, 7) is 2.32. The Morgan fingerprint density at radius 2 is 1.75 bits per heavy atom. The summed E-state index contributed by atoms with van der Waals surface area (Å²) in [5.74, 6) is -0.108. The lowest BCUT2D eigenvalue weighted by atomic mass is 10.1. The Morgan fingerprint density at radius 3 is 2.42 bits per heavy atom.